The molecule has 132 valence electrons. The topological polar surface area (TPSA) is 50.4 Å². The van der Waals surface area contributed by atoms with Crippen molar-refractivity contribution in [2.45, 2.75) is 26.0 Å². The highest BCUT2D eigenvalue weighted by Crippen LogP contribution is 2.26. The van der Waals surface area contributed by atoms with Crippen LogP contribution in [-0.4, -0.2) is 18.6 Å². The zero-order valence-corrected chi connectivity index (χ0v) is 15.0. The number of rotatable bonds is 4. The Labute approximate surface area is 155 Å². The SMILES string of the molecule is CC(Oc1cc(Cl)cc(Cl)c1)C(=O)Nc1ccc2c(c1F)CCNC2. The van der Waals surface area contributed by atoms with Crippen molar-refractivity contribution < 1.29 is 13.9 Å². The van der Waals surface area contributed by atoms with Crippen LogP contribution < -0.4 is 15.4 Å². The van der Waals surface area contributed by atoms with E-state index in [4.69, 9.17) is 27.9 Å². The predicted molar refractivity (Wildman–Crippen MR) is 97.0 cm³/mol. The molecule has 7 heteroatoms. The Hall–Kier alpha value is -1.82. The standard InChI is InChI=1S/C18H17Cl2FN2O2/c1-10(25-14-7-12(19)6-13(20)8-14)18(24)23-16-3-2-11-9-22-5-4-15(11)17(16)21/h2-3,6-8,10,22H,4-5,9H2,1H3,(H,23,24). The molecule has 4 nitrogen and oxygen atoms in total. The van der Waals surface area contributed by atoms with Crippen LogP contribution in [0.15, 0.2) is 30.3 Å². The van der Waals surface area contributed by atoms with E-state index in [0.717, 1.165) is 12.1 Å². The van der Waals surface area contributed by atoms with E-state index >= 15 is 0 Å². The highest BCUT2D eigenvalue weighted by molar-refractivity contribution is 6.34. The molecule has 1 unspecified atom stereocenters. The summed E-state index contributed by atoms with van der Waals surface area (Å²) in [4.78, 5) is 12.3. The third-order valence-corrected chi connectivity index (χ3v) is 4.42. The summed E-state index contributed by atoms with van der Waals surface area (Å²) in [5, 5.41) is 6.59. The molecule has 1 aliphatic heterocycles. The largest absolute Gasteiger partial charge is 0.481 e. The van der Waals surface area contributed by atoms with Crippen LogP contribution in [0.5, 0.6) is 5.75 Å². The molecule has 1 heterocycles. The first-order valence-electron chi connectivity index (χ1n) is 7.88. The average Bonchev–Trinajstić information content (AvgIpc) is 2.56. The number of carbonyl (C=O) groups excluding carboxylic acids is 1. The second kappa shape index (κ2) is 7.60. The smallest absolute Gasteiger partial charge is 0.265 e. The number of hydrogen-bond donors (Lipinski definition) is 2. The number of carbonyl (C=O) groups is 1. The van der Waals surface area contributed by atoms with E-state index in [1.165, 1.54) is 0 Å². The fourth-order valence-corrected chi connectivity index (χ4v) is 3.22. The first-order valence-corrected chi connectivity index (χ1v) is 8.64. The molecule has 3 rings (SSSR count). The molecule has 0 spiro atoms. The first-order chi connectivity index (χ1) is 11.9. The van der Waals surface area contributed by atoms with Crippen LogP contribution in [0.4, 0.5) is 10.1 Å². The van der Waals surface area contributed by atoms with Gasteiger partial charge >= 0.3 is 0 Å². The normalized spacial score (nSPS) is 14.6. The number of ether oxygens (including phenoxy) is 1. The van der Waals surface area contributed by atoms with Gasteiger partial charge in [0.25, 0.3) is 5.91 Å². The van der Waals surface area contributed by atoms with Crippen LogP contribution in [0.3, 0.4) is 0 Å². The summed E-state index contributed by atoms with van der Waals surface area (Å²) < 4.78 is 20.1. The lowest BCUT2D eigenvalue weighted by molar-refractivity contribution is -0.122. The van der Waals surface area contributed by atoms with Gasteiger partial charge in [-0.3, -0.25) is 4.79 Å². The number of benzene rings is 2. The number of amides is 1. The van der Waals surface area contributed by atoms with Crippen LogP contribution in [0, 0.1) is 5.82 Å². The van der Waals surface area contributed by atoms with Crippen molar-refractivity contribution in [3.63, 3.8) is 0 Å². The fraction of sp³-hybridized carbons (Fsp3) is 0.278. The molecule has 0 saturated carbocycles. The summed E-state index contributed by atoms with van der Waals surface area (Å²) >= 11 is 11.8. The average molecular weight is 383 g/mol. The minimum Gasteiger partial charge on any atom is -0.481 e. The van der Waals surface area contributed by atoms with Crippen LogP contribution in [0.1, 0.15) is 18.1 Å². The summed E-state index contributed by atoms with van der Waals surface area (Å²) in [5.74, 6) is -0.466. The molecule has 0 saturated heterocycles. The molecule has 2 N–H and O–H groups in total. The first kappa shape index (κ1) is 18.0. The summed E-state index contributed by atoms with van der Waals surface area (Å²) in [6, 6.07) is 8.08. The highest BCUT2D eigenvalue weighted by atomic mass is 35.5. The van der Waals surface area contributed by atoms with Crippen molar-refractivity contribution in [2.75, 3.05) is 11.9 Å². The fourth-order valence-electron chi connectivity index (χ4n) is 2.72. The minimum atomic E-state index is -0.841. The van der Waals surface area contributed by atoms with Gasteiger partial charge in [-0.05, 0) is 55.3 Å². The maximum Gasteiger partial charge on any atom is 0.265 e. The second-order valence-electron chi connectivity index (χ2n) is 5.85. The Morgan fingerprint density at radius 2 is 2.00 bits per heavy atom. The van der Waals surface area contributed by atoms with Crippen molar-refractivity contribution >= 4 is 34.8 Å². The molecule has 0 bridgehead atoms. The molecule has 1 amide bonds. The molecule has 0 aliphatic carbocycles. The van der Waals surface area contributed by atoms with Gasteiger partial charge in [0.2, 0.25) is 0 Å². The molecule has 1 atom stereocenters. The zero-order valence-electron chi connectivity index (χ0n) is 13.5. The van der Waals surface area contributed by atoms with Gasteiger partial charge in [0, 0.05) is 16.6 Å². The number of hydrogen-bond acceptors (Lipinski definition) is 3. The third kappa shape index (κ3) is 4.24. The second-order valence-corrected chi connectivity index (χ2v) is 6.72. The lowest BCUT2D eigenvalue weighted by atomic mass is 9.99. The van der Waals surface area contributed by atoms with E-state index in [-0.39, 0.29) is 11.5 Å². The highest BCUT2D eigenvalue weighted by Gasteiger charge is 2.20. The Morgan fingerprint density at radius 1 is 1.28 bits per heavy atom. The van der Waals surface area contributed by atoms with Crippen LogP contribution >= 0.6 is 23.2 Å². The van der Waals surface area contributed by atoms with E-state index in [1.54, 1.807) is 31.2 Å². The van der Waals surface area contributed by atoms with Crippen molar-refractivity contribution in [1.82, 2.24) is 5.32 Å². The van der Waals surface area contributed by atoms with Crippen LogP contribution in [0.25, 0.3) is 0 Å². The summed E-state index contributed by atoms with van der Waals surface area (Å²) in [6.45, 7) is 2.93. The van der Waals surface area contributed by atoms with Gasteiger partial charge in [-0.1, -0.05) is 29.3 Å². The molecule has 0 aromatic heterocycles. The van der Waals surface area contributed by atoms with Gasteiger partial charge in [0.05, 0.1) is 5.69 Å². The Balaban J connectivity index is 1.71. The van der Waals surface area contributed by atoms with Gasteiger partial charge in [0.15, 0.2) is 6.10 Å². The Bertz CT molecular complexity index is 794. The lowest BCUT2D eigenvalue weighted by Crippen LogP contribution is -2.31. The summed E-state index contributed by atoms with van der Waals surface area (Å²) in [7, 11) is 0. The predicted octanol–water partition coefficient (Wildman–Crippen LogP) is 4.18. The van der Waals surface area contributed by atoms with Gasteiger partial charge in [-0.15, -0.1) is 0 Å². The summed E-state index contributed by atoms with van der Waals surface area (Å²) in [6.07, 6.45) is -0.246. The van der Waals surface area contributed by atoms with E-state index in [9.17, 15) is 9.18 Å². The van der Waals surface area contributed by atoms with Gasteiger partial charge in [-0.25, -0.2) is 4.39 Å². The van der Waals surface area contributed by atoms with Crippen molar-refractivity contribution in [2.24, 2.45) is 0 Å². The van der Waals surface area contributed by atoms with E-state index in [2.05, 4.69) is 10.6 Å². The van der Waals surface area contributed by atoms with Gasteiger partial charge in [-0.2, -0.15) is 0 Å². The maximum absolute atomic E-state index is 14.6. The number of nitrogens with one attached hydrogen (secondary N) is 2. The monoisotopic (exact) mass is 382 g/mol. The molecule has 2 aromatic carbocycles. The van der Waals surface area contributed by atoms with E-state index in [0.29, 0.717) is 34.3 Å². The van der Waals surface area contributed by atoms with Gasteiger partial charge in [0.1, 0.15) is 11.6 Å². The minimum absolute atomic E-state index is 0.158. The maximum atomic E-state index is 14.6. The quantitative estimate of drug-likeness (QED) is 0.833. The number of anilines is 1. The van der Waals surface area contributed by atoms with Crippen molar-refractivity contribution in [3.8, 4) is 5.75 Å². The molecule has 2 aromatic rings. The molecular weight excluding hydrogens is 366 g/mol. The van der Waals surface area contributed by atoms with Crippen molar-refractivity contribution in [3.05, 3.63) is 57.3 Å². The molecule has 0 radical (unpaired) electrons. The number of halogens is 3. The number of fused-ring (bicyclic) bond motifs is 1. The zero-order chi connectivity index (χ0) is 18.0. The van der Waals surface area contributed by atoms with E-state index < -0.39 is 12.0 Å². The summed E-state index contributed by atoms with van der Waals surface area (Å²) in [5.41, 5.74) is 1.72. The lowest BCUT2D eigenvalue weighted by Gasteiger charge is -2.20. The third-order valence-electron chi connectivity index (χ3n) is 3.98. The molecule has 25 heavy (non-hydrogen) atoms. The Morgan fingerprint density at radius 3 is 2.72 bits per heavy atom. The Kier molecular flexibility index (Phi) is 5.47. The molecule has 0 fully saturated rings. The van der Waals surface area contributed by atoms with Crippen LogP contribution in [0.2, 0.25) is 10.0 Å². The van der Waals surface area contributed by atoms with Crippen LogP contribution in [-0.2, 0) is 17.8 Å². The molecule has 1 aliphatic rings. The van der Waals surface area contributed by atoms with Crippen molar-refractivity contribution in [1.29, 1.82) is 0 Å². The van der Waals surface area contributed by atoms with Gasteiger partial charge < -0.3 is 15.4 Å². The molecular formula is C18H17Cl2FN2O2. The van der Waals surface area contributed by atoms with E-state index in [1.807, 2.05) is 6.07 Å².